The molecule has 0 saturated heterocycles. The first-order valence-electron chi connectivity index (χ1n) is 4.56. The molecule has 0 aliphatic carbocycles. The quantitative estimate of drug-likeness (QED) is 0.687. The fourth-order valence-electron chi connectivity index (χ4n) is 0.876. The van der Waals surface area contributed by atoms with Crippen molar-refractivity contribution in [1.29, 1.82) is 5.26 Å². The molecular formula is C9H16F2N2O. The molecule has 0 bridgehead atoms. The molecule has 0 fully saturated rings. The third-order valence-electron chi connectivity index (χ3n) is 1.65. The maximum absolute atomic E-state index is 11.7. The number of alkyl halides is 2. The maximum Gasteiger partial charge on any atom is 0.261 e. The number of hydrogen-bond donors (Lipinski definition) is 1. The number of hydrogen-bond acceptors (Lipinski definition) is 3. The Hall–Kier alpha value is -0.730. The van der Waals surface area contributed by atoms with Gasteiger partial charge in [-0.25, -0.2) is 8.78 Å². The van der Waals surface area contributed by atoms with Crippen molar-refractivity contribution < 1.29 is 13.5 Å². The van der Waals surface area contributed by atoms with Crippen molar-refractivity contribution in [1.82, 2.24) is 5.32 Å². The third-order valence-corrected chi connectivity index (χ3v) is 1.65. The van der Waals surface area contributed by atoms with Crippen molar-refractivity contribution >= 4 is 0 Å². The lowest BCUT2D eigenvalue weighted by atomic mass is 10.1. The van der Waals surface area contributed by atoms with E-state index < -0.39 is 18.6 Å². The van der Waals surface area contributed by atoms with Crippen molar-refractivity contribution in [2.75, 3.05) is 19.8 Å². The van der Waals surface area contributed by atoms with Gasteiger partial charge < -0.3 is 4.74 Å². The summed E-state index contributed by atoms with van der Waals surface area (Å²) >= 11 is 0. The van der Waals surface area contributed by atoms with E-state index >= 15 is 0 Å². The monoisotopic (exact) mass is 206 g/mol. The Morgan fingerprint density at radius 1 is 1.57 bits per heavy atom. The summed E-state index contributed by atoms with van der Waals surface area (Å²) in [5, 5.41) is 11.7. The average molecular weight is 206 g/mol. The molecule has 1 atom stereocenters. The Balaban J connectivity index is 3.82. The highest BCUT2D eigenvalue weighted by molar-refractivity contribution is 5.03. The summed E-state index contributed by atoms with van der Waals surface area (Å²) in [6.07, 6.45) is -1.60. The van der Waals surface area contributed by atoms with Gasteiger partial charge in [-0.2, -0.15) is 5.26 Å². The van der Waals surface area contributed by atoms with Crippen LogP contribution < -0.4 is 5.32 Å². The Kier molecular flexibility index (Phi) is 6.34. The molecule has 14 heavy (non-hydrogen) atoms. The summed E-state index contributed by atoms with van der Waals surface area (Å²) in [5.74, 6) is 0. The number of ether oxygens (including phenoxy) is 1. The van der Waals surface area contributed by atoms with Crippen LogP contribution in [0, 0.1) is 11.3 Å². The van der Waals surface area contributed by atoms with Crippen LogP contribution in [0.4, 0.5) is 8.78 Å². The zero-order chi connectivity index (χ0) is 11.0. The van der Waals surface area contributed by atoms with Gasteiger partial charge in [0.05, 0.1) is 12.7 Å². The minimum atomic E-state index is -2.48. The second-order valence-corrected chi connectivity index (χ2v) is 3.28. The first-order chi connectivity index (χ1) is 6.54. The summed E-state index contributed by atoms with van der Waals surface area (Å²) in [4.78, 5) is 0. The number of halogens is 2. The molecule has 0 amide bonds. The molecule has 0 aliphatic heterocycles. The van der Waals surface area contributed by atoms with Gasteiger partial charge in [0.25, 0.3) is 6.43 Å². The van der Waals surface area contributed by atoms with Crippen LogP contribution in [0.3, 0.4) is 0 Å². The summed E-state index contributed by atoms with van der Waals surface area (Å²) in [5.41, 5.74) is -0.870. The number of rotatable bonds is 7. The molecule has 82 valence electrons. The Morgan fingerprint density at radius 3 is 2.64 bits per heavy atom. The van der Waals surface area contributed by atoms with E-state index in [1.165, 1.54) is 0 Å². The normalized spacial score (nSPS) is 15.1. The molecule has 0 saturated carbocycles. The highest BCUT2D eigenvalue weighted by Crippen LogP contribution is 2.04. The molecule has 0 aromatic rings. The standard InChI is InChI=1S/C9H16F2N2O/c1-3-4-13-9(2,6-12)7-14-5-8(10)11/h8,13H,3-5,7H2,1-2H3. The molecule has 0 aromatic carbocycles. The molecule has 0 aliphatic rings. The highest BCUT2D eigenvalue weighted by Gasteiger charge is 2.23. The number of nitriles is 1. The SMILES string of the molecule is CCCNC(C)(C#N)COCC(F)F. The van der Waals surface area contributed by atoms with Gasteiger partial charge in [0.2, 0.25) is 0 Å². The van der Waals surface area contributed by atoms with Crippen LogP contribution in [0.25, 0.3) is 0 Å². The zero-order valence-electron chi connectivity index (χ0n) is 8.52. The second-order valence-electron chi connectivity index (χ2n) is 3.28. The van der Waals surface area contributed by atoms with E-state index in [1.807, 2.05) is 13.0 Å². The minimum Gasteiger partial charge on any atom is -0.373 e. The van der Waals surface area contributed by atoms with E-state index in [0.29, 0.717) is 6.54 Å². The first kappa shape index (κ1) is 13.3. The molecule has 1 N–H and O–H groups in total. The zero-order valence-corrected chi connectivity index (χ0v) is 8.52. The van der Waals surface area contributed by atoms with Gasteiger partial charge >= 0.3 is 0 Å². The summed E-state index contributed by atoms with van der Waals surface area (Å²) in [6, 6.07) is 2.01. The largest absolute Gasteiger partial charge is 0.373 e. The topological polar surface area (TPSA) is 45.0 Å². The third kappa shape index (κ3) is 5.84. The maximum atomic E-state index is 11.7. The van der Waals surface area contributed by atoms with Crippen LogP contribution in [0.2, 0.25) is 0 Å². The van der Waals surface area contributed by atoms with Crippen LogP contribution in [-0.4, -0.2) is 31.7 Å². The van der Waals surface area contributed by atoms with E-state index in [4.69, 9.17) is 10.00 Å². The van der Waals surface area contributed by atoms with Gasteiger partial charge in [0.1, 0.15) is 12.1 Å². The van der Waals surface area contributed by atoms with Crippen molar-refractivity contribution in [3.05, 3.63) is 0 Å². The van der Waals surface area contributed by atoms with Crippen molar-refractivity contribution in [3.63, 3.8) is 0 Å². The van der Waals surface area contributed by atoms with Gasteiger partial charge in [0.15, 0.2) is 0 Å². The van der Waals surface area contributed by atoms with Gasteiger partial charge in [-0.1, -0.05) is 6.92 Å². The van der Waals surface area contributed by atoms with Crippen LogP contribution in [-0.2, 0) is 4.74 Å². The molecule has 0 spiro atoms. The highest BCUT2D eigenvalue weighted by atomic mass is 19.3. The van der Waals surface area contributed by atoms with Gasteiger partial charge in [-0.3, -0.25) is 5.32 Å². The Morgan fingerprint density at radius 2 is 2.21 bits per heavy atom. The predicted molar refractivity (Wildman–Crippen MR) is 49.1 cm³/mol. The van der Waals surface area contributed by atoms with Crippen molar-refractivity contribution in [2.24, 2.45) is 0 Å². The van der Waals surface area contributed by atoms with E-state index in [0.717, 1.165) is 6.42 Å². The van der Waals surface area contributed by atoms with Crippen LogP contribution in [0.15, 0.2) is 0 Å². The smallest absolute Gasteiger partial charge is 0.261 e. The fourth-order valence-corrected chi connectivity index (χ4v) is 0.876. The molecule has 0 heterocycles. The second kappa shape index (κ2) is 6.68. The lowest BCUT2D eigenvalue weighted by Gasteiger charge is -2.22. The Bertz CT molecular complexity index is 194. The fraction of sp³-hybridized carbons (Fsp3) is 0.889. The first-order valence-corrected chi connectivity index (χ1v) is 4.56. The molecular weight excluding hydrogens is 190 g/mol. The van der Waals surface area contributed by atoms with Crippen LogP contribution >= 0.6 is 0 Å². The van der Waals surface area contributed by atoms with Gasteiger partial charge in [-0.15, -0.1) is 0 Å². The molecule has 0 radical (unpaired) electrons. The average Bonchev–Trinajstić information content (AvgIpc) is 2.14. The van der Waals surface area contributed by atoms with Gasteiger partial charge in [0, 0.05) is 0 Å². The summed E-state index contributed by atoms with van der Waals surface area (Å²) in [6.45, 7) is 3.62. The molecule has 1 unspecified atom stereocenters. The van der Waals surface area contributed by atoms with Crippen molar-refractivity contribution in [2.45, 2.75) is 32.2 Å². The lowest BCUT2D eigenvalue weighted by molar-refractivity contribution is 0.00309. The van der Waals surface area contributed by atoms with E-state index in [-0.39, 0.29) is 6.61 Å². The Labute approximate surface area is 83.0 Å². The predicted octanol–water partition coefficient (Wildman–Crippen LogP) is 1.55. The van der Waals surface area contributed by atoms with Crippen LogP contribution in [0.5, 0.6) is 0 Å². The van der Waals surface area contributed by atoms with E-state index in [2.05, 4.69) is 5.32 Å². The minimum absolute atomic E-state index is 0.0200. The van der Waals surface area contributed by atoms with E-state index in [9.17, 15) is 8.78 Å². The summed E-state index contributed by atoms with van der Waals surface area (Å²) < 4.78 is 28.2. The van der Waals surface area contributed by atoms with Gasteiger partial charge in [-0.05, 0) is 19.9 Å². The molecule has 3 nitrogen and oxygen atoms in total. The molecule has 0 aromatic heterocycles. The molecule has 0 rings (SSSR count). The number of nitrogens with zero attached hydrogens (tertiary/aromatic N) is 1. The van der Waals surface area contributed by atoms with E-state index in [1.54, 1.807) is 6.92 Å². The summed E-state index contributed by atoms with van der Waals surface area (Å²) in [7, 11) is 0. The van der Waals surface area contributed by atoms with Crippen LogP contribution in [0.1, 0.15) is 20.3 Å². The molecule has 5 heteroatoms. The lowest BCUT2D eigenvalue weighted by Crippen LogP contribution is -2.45. The van der Waals surface area contributed by atoms with Crippen molar-refractivity contribution in [3.8, 4) is 6.07 Å². The number of nitrogens with one attached hydrogen (secondary N) is 1.